The van der Waals surface area contributed by atoms with Gasteiger partial charge in [0.1, 0.15) is 19.3 Å². The van der Waals surface area contributed by atoms with Crippen molar-refractivity contribution in [3.63, 3.8) is 0 Å². The minimum absolute atomic E-state index is 0.0776. The van der Waals surface area contributed by atoms with Crippen LogP contribution in [0.5, 0.6) is 0 Å². The Hall–Kier alpha value is -4.28. The third-order valence-electron chi connectivity index (χ3n) is 15.2. The fourth-order valence-electron chi connectivity index (χ4n) is 9.54. The van der Waals surface area contributed by atoms with Crippen LogP contribution >= 0.6 is 15.6 Å². The van der Waals surface area contributed by atoms with Crippen molar-refractivity contribution in [1.29, 1.82) is 0 Å². The molecule has 19 heteroatoms. The highest BCUT2D eigenvalue weighted by molar-refractivity contribution is 7.47. The average Bonchev–Trinajstić information content (AvgIpc) is 1.21. The molecule has 0 heterocycles. The van der Waals surface area contributed by atoms with Gasteiger partial charge in [-0.15, -0.1) is 0 Å². The van der Waals surface area contributed by atoms with Crippen LogP contribution in [0.4, 0.5) is 0 Å². The molecule has 0 aliphatic rings. The zero-order valence-electron chi connectivity index (χ0n) is 60.0. The molecule has 0 bridgehead atoms. The predicted molar refractivity (Wildman–Crippen MR) is 390 cm³/mol. The molecule has 0 saturated carbocycles. The van der Waals surface area contributed by atoms with Gasteiger partial charge in [0.2, 0.25) is 0 Å². The summed E-state index contributed by atoms with van der Waals surface area (Å²) in [6.07, 6.45) is 72.4. The quantitative estimate of drug-likeness (QED) is 0.0169. The lowest BCUT2D eigenvalue weighted by molar-refractivity contribution is -0.161. The Balaban J connectivity index is 5.31. The Labute approximate surface area is 581 Å². The van der Waals surface area contributed by atoms with E-state index in [1.54, 1.807) is 0 Å². The van der Waals surface area contributed by atoms with Gasteiger partial charge < -0.3 is 33.8 Å². The Kier molecular flexibility index (Phi) is 66.1. The zero-order valence-corrected chi connectivity index (χ0v) is 61.8. The Morgan fingerprint density at radius 1 is 0.302 bits per heavy atom. The van der Waals surface area contributed by atoms with Gasteiger partial charge in [-0.1, -0.05) is 246 Å². The first-order valence-corrected chi connectivity index (χ1v) is 40.1. The highest BCUT2D eigenvalue weighted by Gasteiger charge is 2.30. The van der Waals surface area contributed by atoms with Crippen LogP contribution in [0.15, 0.2) is 109 Å². The van der Waals surface area contributed by atoms with Gasteiger partial charge in [0.25, 0.3) is 0 Å². The van der Waals surface area contributed by atoms with Gasteiger partial charge in [-0.05, 0) is 135 Å². The number of phosphoric ester groups is 2. The van der Waals surface area contributed by atoms with E-state index in [0.717, 1.165) is 193 Å². The second-order valence-electron chi connectivity index (χ2n) is 24.5. The Morgan fingerprint density at radius 3 is 0.844 bits per heavy atom. The second-order valence-corrected chi connectivity index (χ2v) is 27.4. The molecule has 0 amide bonds. The van der Waals surface area contributed by atoms with Crippen molar-refractivity contribution in [2.45, 2.75) is 316 Å². The molecule has 0 fully saturated rings. The third kappa shape index (κ3) is 68.3. The van der Waals surface area contributed by atoms with E-state index in [-0.39, 0.29) is 25.7 Å². The molecule has 0 rings (SSSR count). The number of ether oxygens (including phenoxy) is 4. The van der Waals surface area contributed by atoms with Gasteiger partial charge >= 0.3 is 39.5 Å². The van der Waals surface area contributed by atoms with E-state index in [2.05, 4.69) is 137 Å². The molecule has 5 unspecified atom stereocenters. The summed E-state index contributed by atoms with van der Waals surface area (Å²) in [5, 5.41) is 10.6. The summed E-state index contributed by atoms with van der Waals surface area (Å²) in [6.45, 7) is 4.51. The van der Waals surface area contributed by atoms with Crippen LogP contribution in [0, 0.1) is 0 Å². The van der Waals surface area contributed by atoms with Crippen LogP contribution < -0.4 is 0 Å². The lowest BCUT2D eigenvalue weighted by Gasteiger charge is -2.21. The molecule has 17 nitrogen and oxygen atoms in total. The standard InChI is InChI=1S/C77H132O17P2/c1-5-9-13-17-21-25-29-31-33-35-37-39-43-45-49-53-57-61-74(79)87-67-72(93-76(81)63-59-55-51-47-41-27-23-19-15-11-7-3)69-91-95(83,84)89-65-71(78)66-90-96(85,86)92-70-73(94-77(82)64-60-56-52-48-42-28-24-20-16-12-8-4)68-88-75(80)62-58-54-50-46-44-40-38-36-34-32-30-26-22-18-14-10-6-2/h9-10,13-14,19-26,31-34,37,39,71-73,78H,5-8,11-12,15-18,27-30,35-36,38,40-70H2,1-4H3,(H,83,84)(H,85,86)/b13-9-,14-10-,23-19-,24-20-,25-21-,26-22-,33-31-,34-32-,39-37-. The van der Waals surface area contributed by atoms with Crippen LogP contribution in [0.25, 0.3) is 0 Å². The van der Waals surface area contributed by atoms with Crippen molar-refractivity contribution in [2.75, 3.05) is 39.6 Å². The number of hydrogen-bond donors (Lipinski definition) is 3. The SMILES string of the molecule is CC/C=C\C/C=C\C/C=C\C/C=C\CCCCCCC(=O)OCC(COP(=O)(O)OCC(O)COP(=O)(O)OCC(COC(=O)CCCCCCCCC/C=C\C/C=C\C/C=C\CC)OC(=O)CCCCCCC/C=C\CCCC)OC(=O)CCCCCCC/C=C\CCCC. The van der Waals surface area contributed by atoms with Gasteiger partial charge in [-0.25, -0.2) is 9.13 Å². The third-order valence-corrected chi connectivity index (χ3v) is 17.1. The van der Waals surface area contributed by atoms with E-state index in [0.29, 0.717) is 25.7 Å². The summed E-state index contributed by atoms with van der Waals surface area (Å²) in [5.74, 6) is -2.23. The molecule has 0 saturated heterocycles. The number of carbonyl (C=O) groups is 4. The number of unbranched alkanes of at least 4 members (excludes halogenated alkanes) is 25. The first-order valence-electron chi connectivity index (χ1n) is 37.1. The second kappa shape index (κ2) is 69.2. The van der Waals surface area contributed by atoms with Gasteiger partial charge in [-0.2, -0.15) is 0 Å². The monoisotopic (exact) mass is 1390 g/mol. The van der Waals surface area contributed by atoms with Gasteiger partial charge in [0.05, 0.1) is 26.4 Å². The highest BCUT2D eigenvalue weighted by Crippen LogP contribution is 2.45. The molecule has 0 aromatic heterocycles. The first-order chi connectivity index (χ1) is 46.7. The van der Waals surface area contributed by atoms with E-state index in [9.17, 15) is 43.2 Å². The van der Waals surface area contributed by atoms with E-state index >= 15 is 0 Å². The normalized spacial score (nSPS) is 14.6. The van der Waals surface area contributed by atoms with Crippen LogP contribution in [-0.2, 0) is 65.4 Å². The average molecular weight is 1390 g/mol. The summed E-state index contributed by atoms with van der Waals surface area (Å²) in [4.78, 5) is 72.7. The van der Waals surface area contributed by atoms with Crippen LogP contribution in [-0.4, -0.2) is 96.7 Å². The molecular weight excluding hydrogens is 1260 g/mol. The maximum atomic E-state index is 13.0. The topological polar surface area (TPSA) is 237 Å². The number of hydrogen-bond acceptors (Lipinski definition) is 15. The number of esters is 4. The number of allylic oxidation sites excluding steroid dienone is 18. The predicted octanol–water partition coefficient (Wildman–Crippen LogP) is 21.0. The largest absolute Gasteiger partial charge is 0.472 e. The van der Waals surface area contributed by atoms with Crippen molar-refractivity contribution in [3.8, 4) is 0 Å². The fraction of sp³-hybridized carbons (Fsp3) is 0.714. The molecule has 0 radical (unpaired) electrons. The number of rotatable bonds is 69. The number of phosphoric acid groups is 2. The van der Waals surface area contributed by atoms with Gasteiger partial charge in [-0.3, -0.25) is 37.3 Å². The highest BCUT2D eigenvalue weighted by atomic mass is 31.2. The summed E-state index contributed by atoms with van der Waals surface area (Å²) in [7, 11) is -9.95. The van der Waals surface area contributed by atoms with Crippen molar-refractivity contribution in [3.05, 3.63) is 109 Å². The summed E-state index contributed by atoms with van der Waals surface area (Å²) < 4.78 is 68.3. The van der Waals surface area contributed by atoms with Crippen molar-refractivity contribution in [1.82, 2.24) is 0 Å². The van der Waals surface area contributed by atoms with Gasteiger partial charge in [0, 0.05) is 25.7 Å². The molecule has 0 spiro atoms. The summed E-state index contributed by atoms with van der Waals surface area (Å²) >= 11 is 0. The maximum absolute atomic E-state index is 13.0. The smallest absolute Gasteiger partial charge is 0.462 e. The first kappa shape index (κ1) is 91.7. The van der Waals surface area contributed by atoms with Crippen LogP contribution in [0.1, 0.15) is 297 Å². The molecule has 0 aliphatic carbocycles. The Morgan fingerprint density at radius 2 is 0.542 bits per heavy atom. The molecule has 0 aliphatic heterocycles. The summed E-state index contributed by atoms with van der Waals surface area (Å²) in [5.41, 5.74) is 0. The number of aliphatic hydroxyl groups is 1. The molecule has 5 atom stereocenters. The molecule has 0 aromatic carbocycles. The zero-order chi connectivity index (χ0) is 70.4. The molecule has 0 aromatic rings. The number of carbonyl (C=O) groups excluding carboxylic acids is 4. The van der Waals surface area contributed by atoms with Gasteiger partial charge in [0.15, 0.2) is 12.2 Å². The van der Waals surface area contributed by atoms with Crippen LogP contribution in [0.3, 0.4) is 0 Å². The van der Waals surface area contributed by atoms with E-state index in [4.69, 9.17) is 37.0 Å². The minimum atomic E-state index is -4.98. The maximum Gasteiger partial charge on any atom is 0.472 e. The van der Waals surface area contributed by atoms with E-state index < -0.39 is 97.5 Å². The lowest BCUT2D eigenvalue weighted by atomic mass is 10.1. The van der Waals surface area contributed by atoms with Crippen LogP contribution in [0.2, 0.25) is 0 Å². The minimum Gasteiger partial charge on any atom is -0.462 e. The number of aliphatic hydroxyl groups excluding tert-OH is 1. The van der Waals surface area contributed by atoms with Crippen molar-refractivity contribution in [2.24, 2.45) is 0 Å². The fourth-order valence-corrected chi connectivity index (χ4v) is 11.1. The Bertz CT molecular complexity index is 2250. The molecule has 96 heavy (non-hydrogen) atoms. The van der Waals surface area contributed by atoms with E-state index in [1.165, 1.54) is 25.7 Å². The molecule has 552 valence electrons. The lowest BCUT2D eigenvalue weighted by Crippen LogP contribution is -2.30. The molecule has 3 N–H and O–H groups in total. The molecular formula is C77H132O17P2. The van der Waals surface area contributed by atoms with E-state index in [1.807, 2.05) is 0 Å². The summed E-state index contributed by atoms with van der Waals surface area (Å²) in [6, 6.07) is 0. The van der Waals surface area contributed by atoms with Crippen molar-refractivity contribution >= 4 is 39.5 Å². The van der Waals surface area contributed by atoms with Crippen molar-refractivity contribution < 1.29 is 80.2 Å².